The van der Waals surface area contributed by atoms with E-state index in [-0.39, 0.29) is 12.5 Å². The van der Waals surface area contributed by atoms with Crippen molar-refractivity contribution < 1.29 is 19.4 Å². The molecule has 196 valence electrons. The van der Waals surface area contributed by atoms with Crippen LogP contribution in [0.15, 0.2) is 66.7 Å². The van der Waals surface area contributed by atoms with E-state index >= 15 is 0 Å². The molecule has 0 saturated carbocycles. The number of benzene rings is 3. The summed E-state index contributed by atoms with van der Waals surface area (Å²) in [5, 5.41) is 13.4. The van der Waals surface area contributed by atoms with Gasteiger partial charge in [0.05, 0.1) is 13.2 Å². The first-order chi connectivity index (χ1) is 18.2. The number of aliphatic hydroxyl groups excluding tert-OH is 1. The molecule has 0 aliphatic carbocycles. The second kappa shape index (κ2) is 12.5. The molecule has 3 aromatic carbocycles. The van der Waals surface area contributed by atoms with Gasteiger partial charge < -0.3 is 24.4 Å². The van der Waals surface area contributed by atoms with E-state index < -0.39 is 6.10 Å². The Morgan fingerprint density at radius 3 is 2.51 bits per heavy atom. The fourth-order valence-corrected chi connectivity index (χ4v) is 5.63. The molecule has 0 radical (unpaired) electrons. The number of rotatable bonds is 9. The number of aryl methyl sites for hydroxylation is 1. The molecular formula is C31H38N2O4. The molecule has 0 spiro atoms. The van der Waals surface area contributed by atoms with Crippen LogP contribution in [-0.4, -0.2) is 79.5 Å². The van der Waals surface area contributed by atoms with Crippen molar-refractivity contribution >= 4 is 16.7 Å². The molecule has 1 atom stereocenters. The lowest BCUT2D eigenvalue weighted by Gasteiger charge is -2.33. The summed E-state index contributed by atoms with van der Waals surface area (Å²) in [6.07, 6.45) is 2.72. The van der Waals surface area contributed by atoms with Crippen molar-refractivity contribution in [3.63, 3.8) is 0 Å². The Hall–Kier alpha value is -2.93. The van der Waals surface area contributed by atoms with Gasteiger partial charge in [-0.05, 0) is 66.2 Å². The molecule has 5 rings (SSSR count). The Morgan fingerprint density at radius 2 is 1.68 bits per heavy atom. The van der Waals surface area contributed by atoms with Gasteiger partial charge in [-0.2, -0.15) is 0 Å². The summed E-state index contributed by atoms with van der Waals surface area (Å²) < 4.78 is 11.4. The number of fused-ring (bicyclic) bond motifs is 1. The average Bonchev–Trinajstić information content (AvgIpc) is 2.96. The summed E-state index contributed by atoms with van der Waals surface area (Å²) >= 11 is 0. The number of para-hydroxylation sites is 1. The molecule has 2 aliphatic rings. The van der Waals surface area contributed by atoms with Gasteiger partial charge in [0.1, 0.15) is 18.5 Å². The van der Waals surface area contributed by atoms with Crippen LogP contribution in [0.2, 0.25) is 0 Å². The van der Waals surface area contributed by atoms with Crippen LogP contribution >= 0.6 is 0 Å². The fraction of sp³-hybridized carbons (Fsp3) is 0.452. The fourth-order valence-electron chi connectivity index (χ4n) is 5.63. The summed E-state index contributed by atoms with van der Waals surface area (Å²) in [6.45, 7) is 5.38. The minimum Gasteiger partial charge on any atom is -0.491 e. The molecule has 1 unspecified atom stereocenters. The maximum absolute atomic E-state index is 12.5. The van der Waals surface area contributed by atoms with Crippen molar-refractivity contribution in [3.8, 4) is 5.75 Å². The number of β-amino-alcohol motifs (C(OH)–C–C–N with tert-alkyl or cyclic N) is 1. The molecule has 1 amide bonds. The number of hydrogen-bond donors (Lipinski definition) is 1. The molecule has 0 bridgehead atoms. The predicted octanol–water partition coefficient (Wildman–Crippen LogP) is 4.25. The first-order valence-electron chi connectivity index (χ1n) is 13.6. The summed E-state index contributed by atoms with van der Waals surface area (Å²) in [4.78, 5) is 16.8. The minimum atomic E-state index is -0.558. The van der Waals surface area contributed by atoms with E-state index in [2.05, 4.69) is 47.4 Å². The Balaban J connectivity index is 1.08. The van der Waals surface area contributed by atoms with E-state index in [1.54, 1.807) is 0 Å². The van der Waals surface area contributed by atoms with Crippen LogP contribution in [0.4, 0.5) is 0 Å². The number of nitrogens with zero attached hydrogens (tertiary/aromatic N) is 2. The number of likely N-dealkylation sites (tertiary alicyclic amines) is 1. The van der Waals surface area contributed by atoms with Crippen molar-refractivity contribution in [2.24, 2.45) is 0 Å². The Bertz CT molecular complexity index is 1160. The third-order valence-electron chi connectivity index (χ3n) is 7.70. The molecule has 37 heavy (non-hydrogen) atoms. The van der Waals surface area contributed by atoms with E-state index in [0.717, 1.165) is 37.2 Å². The zero-order valence-electron chi connectivity index (χ0n) is 21.6. The second-order valence-corrected chi connectivity index (χ2v) is 10.2. The van der Waals surface area contributed by atoms with E-state index in [9.17, 15) is 9.90 Å². The standard InChI is InChI=1S/C31H38N2O4/c34-27(22-32-16-14-25(15-17-32)29-10-5-8-24-6-1-3-9-28(24)29)23-37-30-11-4-2-7-26(30)12-13-31(35)33-18-20-36-21-19-33/h1-11,25,27,34H,12-23H2. The van der Waals surface area contributed by atoms with E-state index in [4.69, 9.17) is 9.47 Å². The van der Waals surface area contributed by atoms with Crippen LogP contribution in [0.1, 0.15) is 36.3 Å². The normalized spacial score (nSPS) is 18.1. The van der Waals surface area contributed by atoms with Gasteiger partial charge in [0.25, 0.3) is 0 Å². The molecule has 1 N–H and O–H groups in total. The summed E-state index contributed by atoms with van der Waals surface area (Å²) in [5.41, 5.74) is 2.46. The summed E-state index contributed by atoms with van der Waals surface area (Å²) in [5.74, 6) is 1.47. The van der Waals surface area contributed by atoms with Crippen LogP contribution in [-0.2, 0) is 16.0 Å². The van der Waals surface area contributed by atoms with Crippen LogP contribution in [0, 0.1) is 0 Å². The van der Waals surface area contributed by atoms with Gasteiger partial charge in [-0.1, -0.05) is 60.7 Å². The highest BCUT2D eigenvalue weighted by molar-refractivity contribution is 5.86. The number of carbonyl (C=O) groups excluding carboxylic acids is 1. The molecule has 2 saturated heterocycles. The lowest BCUT2D eigenvalue weighted by atomic mass is 9.86. The number of carbonyl (C=O) groups is 1. The number of aliphatic hydroxyl groups is 1. The highest BCUT2D eigenvalue weighted by Crippen LogP contribution is 2.33. The number of ether oxygens (including phenoxy) is 2. The molecule has 2 heterocycles. The second-order valence-electron chi connectivity index (χ2n) is 10.2. The minimum absolute atomic E-state index is 0.157. The van der Waals surface area contributed by atoms with Gasteiger partial charge in [-0.15, -0.1) is 0 Å². The quantitative estimate of drug-likeness (QED) is 0.474. The molecular weight excluding hydrogens is 464 g/mol. The number of amides is 1. The van der Waals surface area contributed by atoms with Gasteiger partial charge in [-0.3, -0.25) is 4.79 Å². The summed E-state index contributed by atoms with van der Waals surface area (Å²) in [6, 6.07) is 23.1. The molecule has 6 nitrogen and oxygen atoms in total. The molecule has 0 aromatic heterocycles. The smallest absolute Gasteiger partial charge is 0.223 e. The first kappa shape index (κ1) is 25.7. The maximum atomic E-state index is 12.5. The third-order valence-corrected chi connectivity index (χ3v) is 7.70. The van der Waals surface area contributed by atoms with Crippen LogP contribution in [0.5, 0.6) is 5.75 Å². The van der Waals surface area contributed by atoms with Crippen molar-refractivity contribution in [1.82, 2.24) is 9.80 Å². The van der Waals surface area contributed by atoms with Crippen molar-refractivity contribution in [1.29, 1.82) is 0 Å². The third kappa shape index (κ3) is 6.69. The van der Waals surface area contributed by atoms with Crippen molar-refractivity contribution in [3.05, 3.63) is 77.9 Å². The van der Waals surface area contributed by atoms with Gasteiger partial charge in [0, 0.05) is 26.1 Å². The zero-order valence-corrected chi connectivity index (χ0v) is 21.6. The molecule has 2 aliphatic heterocycles. The SMILES string of the molecule is O=C(CCc1ccccc1OCC(O)CN1CCC(c2cccc3ccccc23)CC1)N1CCOCC1. The van der Waals surface area contributed by atoms with Gasteiger partial charge >= 0.3 is 0 Å². The maximum Gasteiger partial charge on any atom is 0.223 e. The van der Waals surface area contributed by atoms with E-state index in [1.807, 2.05) is 29.2 Å². The first-order valence-corrected chi connectivity index (χ1v) is 13.6. The van der Waals surface area contributed by atoms with Crippen LogP contribution < -0.4 is 4.74 Å². The van der Waals surface area contributed by atoms with Gasteiger partial charge in [0.2, 0.25) is 5.91 Å². The Morgan fingerprint density at radius 1 is 0.946 bits per heavy atom. The Labute approximate surface area is 219 Å². The number of morpholine rings is 1. The molecule has 2 fully saturated rings. The lowest BCUT2D eigenvalue weighted by Crippen LogP contribution is -2.40. The van der Waals surface area contributed by atoms with Gasteiger partial charge in [0.15, 0.2) is 0 Å². The lowest BCUT2D eigenvalue weighted by molar-refractivity contribution is -0.135. The summed E-state index contributed by atoms with van der Waals surface area (Å²) in [7, 11) is 0. The van der Waals surface area contributed by atoms with Crippen molar-refractivity contribution in [2.45, 2.75) is 37.7 Å². The average molecular weight is 503 g/mol. The Kier molecular flexibility index (Phi) is 8.72. The van der Waals surface area contributed by atoms with Gasteiger partial charge in [-0.25, -0.2) is 0 Å². The van der Waals surface area contributed by atoms with E-state index in [1.165, 1.54) is 16.3 Å². The highest BCUT2D eigenvalue weighted by Gasteiger charge is 2.24. The largest absolute Gasteiger partial charge is 0.491 e. The molecule has 6 heteroatoms. The van der Waals surface area contributed by atoms with Crippen LogP contribution in [0.3, 0.4) is 0 Å². The number of piperidine rings is 1. The monoisotopic (exact) mass is 502 g/mol. The number of hydrogen-bond acceptors (Lipinski definition) is 5. The molecule has 3 aromatic rings. The van der Waals surface area contributed by atoms with Crippen molar-refractivity contribution in [2.75, 3.05) is 52.5 Å². The zero-order chi connectivity index (χ0) is 25.5. The van der Waals surface area contributed by atoms with Crippen LogP contribution in [0.25, 0.3) is 10.8 Å². The topological polar surface area (TPSA) is 62.2 Å². The van der Waals surface area contributed by atoms with E-state index in [0.29, 0.717) is 51.6 Å². The predicted molar refractivity (Wildman–Crippen MR) is 146 cm³/mol. The highest BCUT2D eigenvalue weighted by atomic mass is 16.5.